The summed E-state index contributed by atoms with van der Waals surface area (Å²) < 4.78 is 4.59. The molecule has 9 unspecified atom stereocenters. The number of hydrogen-bond acceptors (Lipinski definition) is 6. The van der Waals surface area contributed by atoms with E-state index < -0.39 is 29.7 Å². The second-order valence-electron chi connectivity index (χ2n) is 8.58. The van der Waals surface area contributed by atoms with Crippen molar-refractivity contribution in [1.29, 1.82) is 0 Å². The maximum Gasteiger partial charge on any atom is 0.318 e. The van der Waals surface area contributed by atoms with Crippen molar-refractivity contribution in [2.45, 2.75) is 26.2 Å². The molecule has 150 valence electrons. The van der Waals surface area contributed by atoms with Crippen LogP contribution in [-0.2, 0) is 28.7 Å². The summed E-state index contributed by atoms with van der Waals surface area (Å²) in [6, 6.07) is 0. The maximum atomic E-state index is 11.4. The van der Waals surface area contributed by atoms with Crippen LogP contribution in [0.3, 0.4) is 0 Å². The molecule has 0 radical (unpaired) electrons. The number of Topliss-reactive ketones (excluding diaryl/α,β-unsaturated/α-hetero) is 1. The molecule has 0 spiro atoms. The Morgan fingerprint density at radius 3 is 1.93 bits per heavy atom. The van der Waals surface area contributed by atoms with Gasteiger partial charge in [0.05, 0.1) is 23.7 Å². The molecule has 8 nitrogen and oxygen atoms in total. The molecule has 5 aliphatic rings. The number of aliphatic carboxylic acids is 2. The van der Waals surface area contributed by atoms with Crippen molar-refractivity contribution in [1.82, 2.24) is 0 Å². The summed E-state index contributed by atoms with van der Waals surface area (Å²) in [4.78, 5) is 55.9. The Labute approximate surface area is 160 Å². The second kappa shape index (κ2) is 6.53. The molecule has 2 N–H and O–H groups in total. The average molecular weight is 390 g/mol. The zero-order valence-corrected chi connectivity index (χ0v) is 15.3. The van der Waals surface area contributed by atoms with Crippen molar-refractivity contribution in [2.75, 3.05) is 0 Å². The van der Waals surface area contributed by atoms with Gasteiger partial charge in [0.2, 0.25) is 0 Å². The van der Waals surface area contributed by atoms with Crippen molar-refractivity contribution in [3.8, 4) is 0 Å². The normalized spacial score (nSPS) is 44.1. The minimum Gasteiger partial charge on any atom is -0.481 e. The van der Waals surface area contributed by atoms with Crippen molar-refractivity contribution in [2.24, 2.45) is 53.3 Å². The van der Waals surface area contributed by atoms with Gasteiger partial charge in [0.1, 0.15) is 5.78 Å². The van der Waals surface area contributed by atoms with E-state index in [9.17, 15) is 24.0 Å². The van der Waals surface area contributed by atoms with Crippen LogP contribution >= 0.6 is 0 Å². The fraction of sp³-hybridized carbons (Fsp3) is 0.650. The molecule has 28 heavy (non-hydrogen) atoms. The number of carbonyl (C=O) groups is 5. The number of ketones is 1. The molecule has 8 heteroatoms. The molecule has 1 saturated heterocycles. The smallest absolute Gasteiger partial charge is 0.318 e. The zero-order chi connectivity index (χ0) is 20.3. The molecule has 9 atom stereocenters. The molecule has 3 saturated carbocycles. The number of carboxylic acid groups (broad SMARTS) is 2. The molecule has 0 aromatic carbocycles. The fourth-order valence-electron chi connectivity index (χ4n) is 6.27. The van der Waals surface area contributed by atoms with E-state index >= 15 is 0 Å². The highest BCUT2D eigenvalue weighted by Crippen LogP contribution is 2.55. The molecule has 0 aromatic rings. The Kier molecular flexibility index (Phi) is 4.39. The average Bonchev–Trinajstić information content (AvgIpc) is 3.39. The second-order valence-corrected chi connectivity index (χ2v) is 8.58. The molecular formula is C20H22O8. The van der Waals surface area contributed by atoms with Gasteiger partial charge in [0.15, 0.2) is 0 Å². The fourth-order valence-corrected chi connectivity index (χ4v) is 6.27. The van der Waals surface area contributed by atoms with Gasteiger partial charge < -0.3 is 14.9 Å². The van der Waals surface area contributed by atoms with E-state index in [1.165, 1.54) is 6.92 Å². The number of allylic oxidation sites excluding steroid dienone is 2. The van der Waals surface area contributed by atoms with Gasteiger partial charge in [-0.2, -0.15) is 0 Å². The van der Waals surface area contributed by atoms with Gasteiger partial charge in [0.25, 0.3) is 0 Å². The number of rotatable bonds is 3. The summed E-state index contributed by atoms with van der Waals surface area (Å²) in [5, 5.41) is 18.1. The van der Waals surface area contributed by atoms with Gasteiger partial charge >= 0.3 is 23.9 Å². The van der Waals surface area contributed by atoms with Crippen LogP contribution in [0.4, 0.5) is 0 Å². The first-order chi connectivity index (χ1) is 13.2. The Morgan fingerprint density at radius 2 is 1.46 bits per heavy atom. The molecule has 0 aromatic heterocycles. The van der Waals surface area contributed by atoms with Crippen LogP contribution in [0.5, 0.6) is 0 Å². The van der Waals surface area contributed by atoms with E-state index in [0.717, 1.165) is 6.42 Å². The molecule has 0 amide bonds. The van der Waals surface area contributed by atoms with Gasteiger partial charge in [-0.25, -0.2) is 0 Å². The van der Waals surface area contributed by atoms with Gasteiger partial charge in [-0.1, -0.05) is 12.2 Å². The summed E-state index contributed by atoms with van der Waals surface area (Å²) in [6.45, 7) is 1.40. The van der Waals surface area contributed by atoms with E-state index in [0.29, 0.717) is 12.8 Å². The predicted molar refractivity (Wildman–Crippen MR) is 91.5 cm³/mol. The van der Waals surface area contributed by atoms with Crippen molar-refractivity contribution >= 4 is 29.7 Å². The largest absolute Gasteiger partial charge is 0.481 e. The van der Waals surface area contributed by atoms with Gasteiger partial charge in [-0.15, -0.1) is 0 Å². The van der Waals surface area contributed by atoms with E-state index in [1.807, 2.05) is 12.2 Å². The Bertz CT molecular complexity index is 770. The number of esters is 2. The maximum absolute atomic E-state index is 11.4. The lowest BCUT2D eigenvalue weighted by Gasteiger charge is -2.29. The third kappa shape index (κ3) is 2.69. The lowest BCUT2D eigenvalue weighted by Crippen LogP contribution is -2.39. The molecule has 4 aliphatic carbocycles. The first kappa shape index (κ1) is 18.8. The lowest BCUT2D eigenvalue weighted by molar-refractivity contribution is -0.155. The van der Waals surface area contributed by atoms with E-state index in [1.54, 1.807) is 0 Å². The Balaban J connectivity index is 0.000000142. The highest BCUT2D eigenvalue weighted by Gasteiger charge is 2.59. The summed E-state index contributed by atoms with van der Waals surface area (Å²) in [6.07, 6.45) is 6.08. The minimum atomic E-state index is -1.03. The van der Waals surface area contributed by atoms with Crippen LogP contribution in [0, 0.1) is 53.3 Å². The molecule has 1 heterocycles. The number of ether oxygens (including phenoxy) is 1. The monoisotopic (exact) mass is 390 g/mol. The highest BCUT2D eigenvalue weighted by molar-refractivity contribution is 5.98. The van der Waals surface area contributed by atoms with Gasteiger partial charge in [0, 0.05) is 5.92 Å². The summed E-state index contributed by atoms with van der Waals surface area (Å²) in [5.41, 5.74) is 0. The summed E-state index contributed by atoms with van der Waals surface area (Å²) in [7, 11) is 0. The van der Waals surface area contributed by atoms with Gasteiger partial charge in [-0.05, 0) is 49.9 Å². The van der Waals surface area contributed by atoms with E-state index in [4.69, 9.17) is 10.2 Å². The Hall–Kier alpha value is -2.51. The first-order valence-electron chi connectivity index (χ1n) is 9.60. The summed E-state index contributed by atoms with van der Waals surface area (Å²) >= 11 is 0. The quantitative estimate of drug-likeness (QED) is 0.416. The van der Waals surface area contributed by atoms with E-state index in [-0.39, 0.29) is 53.2 Å². The molecule has 5 rings (SSSR count). The zero-order valence-electron chi connectivity index (χ0n) is 15.3. The predicted octanol–water partition coefficient (Wildman–Crippen LogP) is 1.14. The minimum absolute atomic E-state index is 0.0512. The Morgan fingerprint density at radius 1 is 0.893 bits per heavy atom. The van der Waals surface area contributed by atoms with Crippen molar-refractivity contribution in [3.05, 3.63) is 12.2 Å². The lowest BCUT2D eigenvalue weighted by atomic mass is 9.72. The van der Waals surface area contributed by atoms with Crippen LogP contribution in [0.25, 0.3) is 0 Å². The number of hydrogen-bond donors (Lipinski definition) is 2. The number of cyclic esters (lactones) is 2. The number of carboxylic acids is 2. The SMILES string of the molecule is CC(=O)C1C2CC(C(=O)O)C(C2)C1C(=O)O.O=C1OC(=O)C2C3C=CC(C3)C12. The third-order valence-electron chi connectivity index (χ3n) is 7.28. The van der Waals surface area contributed by atoms with Gasteiger partial charge in [-0.3, -0.25) is 24.0 Å². The number of fused-ring (bicyclic) bond motifs is 7. The molecule has 1 aliphatic heterocycles. The summed E-state index contributed by atoms with van der Waals surface area (Å²) in [5.74, 6) is -4.69. The molecule has 4 bridgehead atoms. The topological polar surface area (TPSA) is 135 Å². The van der Waals surface area contributed by atoms with Crippen LogP contribution in [-0.4, -0.2) is 39.9 Å². The van der Waals surface area contributed by atoms with Crippen LogP contribution in [0.15, 0.2) is 12.2 Å². The van der Waals surface area contributed by atoms with Crippen LogP contribution in [0.2, 0.25) is 0 Å². The van der Waals surface area contributed by atoms with E-state index in [2.05, 4.69) is 4.74 Å². The van der Waals surface area contributed by atoms with Crippen LogP contribution in [0.1, 0.15) is 26.2 Å². The third-order valence-corrected chi connectivity index (χ3v) is 7.28. The number of carbonyl (C=O) groups excluding carboxylic acids is 3. The first-order valence-corrected chi connectivity index (χ1v) is 9.60. The van der Waals surface area contributed by atoms with Crippen molar-refractivity contribution in [3.63, 3.8) is 0 Å². The van der Waals surface area contributed by atoms with Crippen LogP contribution < -0.4 is 0 Å². The van der Waals surface area contributed by atoms with Crippen molar-refractivity contribution < 1.29 is 38.9 Å². The molecular weight excluding hydrogens is 368 g/mol. The standard InChI is InChI=1S/C11H14O5.C9H8O3/c1-4(12)8-5-2-6(9(8)11(15)16)7(3-5)10(13)14;10-8-6-4-1-2-5(3-4)7(6)9(11)12-8/h5-9H,2-3H2,1H3,(H,13,14)(H,15,16);1-2,4-7H,3H2. The highest BCUT2D eigenvalue weighted by atomic mass is 16.6. The molecule has 4 fully saturated rings.